The van der Waals surface area contributed by atoms with Gasteiger partial charge in [-0.3, -0.25) is 4.79 Å². The predicted molar refractivity (Wildman–Crippen MR) is 104 cm³/mol. The van der Waals surface area contributed by atoms with Gasteiger partial charge in [-0.2, -0.15) is 0 Å². The van der Waals surface area contributed by atoms with Gasteiger partial charge < -0.3 is 25.2 Å². The highest BCUT2D eigenvalue weighted by Gasteiger charge is 2.39. The minimum Gasteiger partial charge on any atom is -0.490 e. The van der Waals surface area contributed by atoms with Gasteiger partial charge in [0, 0.05) is 24.1 Å². The largest absolute Gasteiger partial charge is 0.490 e. The molecule has 1 heterocycles. The van der Waals surface area contributed by atoms with Gasteiger partial charge >= 0.3 is 5.97 Å². The van der Waals surface area contributed by atoms with E-state index in [0.29, 0.717) is 25.7 Å². The van der Waals surface area contributed by atoms with Crippen LogP contribution in [-0.4, -0.2) is 51.3 Å². The van der Waals surface area contributed by atoms with Crippen LogP contribution in [0.3, 0.4) is 0 Å². The lowest BCUT2D eigenvalue weighted by molar-refractivity contribution is -0.137. The number of allylic oxidation sites excluding steroid dienone is 2. The maximum Gasteiger partial charge on any atom is 0.303 e. The highest BCUT2D eigenvalue weighted by molar-refractivity contribution is 7.08. The van der Waals surface area contributed by atoms with Crippen molar-refractivity contribution in [2.45, 2.75) is 50.4 Å². The lowest BCUT2D eigenvalue weighted by atomic mass is 9.89. The average molecular weight is 397 g/mol. The first-order valence-corrected chi connectivity index (χ1v) is 10.2. The predicted octanol–water partition coefficient (Wildman–Crippen LogP) is 2.60. The quantitative estimate of drug-likeness (QED) is 0.338. The number of carbonyl (C=O) groups is 1. The lowest BCUT2D eigenvalue weighted by Gasteiger charge is -2.19. The lowest BCUT2D eigenvalue weighted by Crippen LogP contribution is -2.21. The van der Waals surface area contributed by atoms with Crippen molar-refractivity contribution in [1.29, 1.82) is 0 Å². The van der Waals surface area contributed by atoms with E-state index < -0.39 is 24.3 Å². The summed E-state index contributed by atoms with van der Waals surface area (Å²) in [7, 11) is 0. The Balaban J connectivity index is 1.81. The van der Waals surface area contributed by atoms with Crippen LogP contribution in [0.15, 0.2) is 41.1 Å². The number of thiophene rings is 1. The first kappa shape index (κ1) is 21.6. The van der Waals surface area contributed by atoms with Gasteiger partial charge in [-0.1, -0.05) is 24.3 Å². The second-order valence-corrected chi connectivity index (χ2v) is 7.61. The van der Waals surface area contributed by atoms with Crippen LogP contribution in [-0.2, 0) is 4.79 Å². The molecule has 1 aliphatic rings. The minimum absolute atomic E-state index is 0.128. The summed E-state index contributed by atoms with van der Waals surface area (Å²) in [5, 5.41) is 42.8. The fourth-order valence-corrected chi connectivity index (χ4v) is 3.85. The summed E-state index contributed by atoms with van der Waals surface area (Å²) in [4.78, 5) is 10.5. The Bertz CT molecular complexity index is 612. The van der Waals surface area contributed by atoms with Gasteiger partial charge in [0.1, 0.15) is 18.5 Å². The van der Waals surface area contributed by atoms with E-state index >= 15 is 0 Å². The monoisotopic (exact) mass is 396 g/mol. The highest BCUT2D eigenvalue weighted by Crippen LogP contribution is 2.36. The SMILES string of the molecule is O=C(O)CCC/C=C/C[C@@H]1[C@@H](/C=C/[C@@H](O)COc2ccsc2)[C@H](O)C[C@@H]1O. The van der Waals surface area contributed by atoms with E-state index in [1.807, 2.05) is 29.0 Å². The van der Waals surface area contributed by atoms with Crippen LogP contribution in [0.2, 0.25) is 0 Å². The minimum atomic E-state index is -0.801. The maximum atomic E-state index is 10.5. The molecule has 1 aliphatic carbocycles. The fourth-order valence-electron chi connectivity index (χ4n) is 3.28. The molecule has 150 valence electrons. The molecule has 0 spiro atoms. The summed E-state index contributed by atoms with van der Waals surface area (Å²) in [5.41, 5.74) is 0. The molecule has 5 atom stereocenters. The number of carboxylic acid groups (broad SMARTS) is 1. The van der Waals surface area contributed by atoms with Crippen molar-refractivity contribution in [1.82, 2.24) is 0 Å². The maximum absolute atomic E-state index is 10.5. The number of unbranched alkanes of at least 4 members (excludes halogenated alkanes) is 1. The van der Waals surface area contributed by atoms with E-state index in [2.05, 4.69) is 0 Å². The molecule has 4 N–H and O–H groups in total. The van der Waals surface area contributed by atoms with Crippen LogP contribution in [0.1, 0.15) is 32.1 Å². The zero-order chi connectivity index (χ0) is 19.6. The number of aliphatic carboxylic acids is 1. The van der Waals surface area contributed by atoms with Gasteiger partial charge in [-0.05, 0) is 36.6 Å². The molecule has 0 bridgehead atoms. The van der Waals surface area contributed by atoms with Crippen LogP contribution in [0.4, 0.5) is 0 Å². The van der Waals surface area contributed by atoms with E-state index in [0.717, 1.165) is 5.75 Å². The molecule has 7 heteroatoms. The topological polar surface area (TPSA) is 107 Å². The Kier molecular flexibility index (Phi) is 9.00. The molecule has 0 aliphatic heterocycles. The Morgan fingerprint density at radius 3 is 2.85 bits per heavy atom. The van der Waals surface area contributed by atoms with Gasteiger partial charge in [0.05, 0.1) is 12.2 Å². The van der Waals surface area contributed by atoms with E-state index in [9.17, 15) is 20.1 Å². The number of carboxylic acids is 1. The standard InChI is InChI=1S/C20H28O6S/c21-14(12-26-15-9-10-27-13-15)7-8-17-16(18(22)11-19(17)23)5-3-1-2-4-6-20(24)25/h1,3,7-10,13-14,16-19,21-23H,2,4-6,11-12H2,(H,24,25)/b3-1+,8-7+/t14-,16-,17-,18+,19-/m1/s1. The summed E-state index contributed by atoms with van der Waals surface area (Å²) in [6.07, 6.45) is 7.52. The first-order chi connectivity index (χ1) is 13.0. The van der Waals surface area contributed by atoms with Crippen LogP contribution >= 0.6 is 11.3 Å². The van der Waals surface area contributed by atoms with Crippen LogP contribution < -0.4 is 4.74 Å². The van der Waals surface area contributed by atoms with E-state index in [-0.39, 0.29) is 24.9 Å². The molecule has 1 aromatic rings. The molecular formula is C20H28O6S. The molecule has 0 saturated heterocycles. The van der Waals surface area contributed by atoms with Gasteiger partial charge in [0.15, 0.2) is 0 Å². The molecule has 1 saturated carbocycles. The molecule has 2 rings (SSSR count). The van der Waals surface area contributed by atoms with Crippen molar-refractivity contribution in [3.8, 4) is 5.75 Å². The molecular weight excluding hydrogens is 368 g/mol. The number of hydrogen-bond donors (Lipinski definition) is 4. The van der Waals surface area contributed by atoms with Crippen molar-refractivity contribution in [3.05, 3.63) is 41.1 Å². The number of ether oxygens (including phenoxy) is 1. The number of aliphatic hydroxyl groups is 3. The van der Waals surface area contributed by atoms with E-state index in [1.165, 1.54) is 11.3 Å². The molecule has 0 unspecified atom stereocenters. The zero-order valence-corrected chi connectivity index (χ0v) is 16.0. The van der Waals surface area contributed by atoms with Gasteiger partial charge in [-0.25, -0.2) is 0 Å². The first-order valence-electron chi connectivity index (χ1n) is 9.21. The third kappa shape index (κ3) is 7.46. The Morgan fingerprint density at radius 1 is 1.33 bits per heavy atom. The van der Waals surface area contributed by atoms with Crippen LogP contribution in [0.25, 0.3) is 0 Å². The van der Waals surface area contributed by atoms with Gasteiger partial charge in [-0.15, -0.1) is 11.3 Å². The molecule has 27 heavy (non-hydrogen) atoms. The third-order valence-electron chi connectivity index (χ3n) is 4.72. The second-order valence-electron chi connectivity index (χ2n) is 6.83. The van der Waals surface area contributed by atoms with E-state index in [1.54, 1.807) is 12.2 Å². The Hall–Kier alpha value is -1.67. The Morgan fingerprint density at radius 2 is 2.15 bits per heavy atom. The molecule has 1 fully saturated rings. The summed E-state index contributed by atoms with van der Waals surface area (Å²) in [5.74, 6) is -0.449. The van der Waals surface area contributed by atoms with E-state index in [4.69, 9.17) is 9.84 Å². The fraction of sp³-hybridized carbons (Fsp3) is 0.550. The molecule has 0 radical (unpaired) electrons. The number of hydrogen-bond acceptors (Lipinski definition) is 6. The van der Waals surface area contributed by atoms with Crippen molar-refractivity contribution in [2.24, 2.45) is 11.8 Å². The summed E-state index contributed by atoms with van der Waals surface area (Å²) in [6.45, 7) is 0.132. The normalized spacial score (nSPS) is 26.8. The summed E-state index contributed by atoms with van der Waals surface area (Å²) >= 11 is 1.52. The number of aliphatic hydroxyl groups excluding tert-OH is 3. The van der Waals surface area contributed by atoms with Crippen molar-refractivity contribution >= 4 is 17.3 Å². The Labute approximate surface area is 163 Å². The van der Waals surface area contributed by atoms with Crippen molar-refractivity contribution < 1.29 is 30.0 Å². The van der Waals surface area contributed by atoms with Crippen molar-refractivity contribution in [2.75, 3.05) is 6.61 Å². The molecule has 1 aromatic heterocycles. The second kappa shape index (κ2) is 11.2. The zero-order valence-electron chi connectivity index (χ0n) is 15.2. The number of rotatable bonds is 11. The summed E-state index contributed by atoms with van der Waals surface area (Å²) < 4.78 is 5.46. The highest BCUT2D eigenvalue weighted by atomic mass is 32.1. The molecule has 0 amide bonds. The average Bonchev–Trinajstić information content (AvgIpc) is 3.22. The van der Waals surface area contributed by atoms with Crippen LogP contribution in [0, 0.1) is 11.8 Å². The van der Waals surface area contributed by atoms with Gasteiger partial charge in [0.25, 0.3) is 0 Å². The summed E-state index contributed by atoms with van der Waals surface area (Å²) in [6, 6.07) is 1.83. The molecule has 0 aromatic carbocycles. The van der Waals surface area contributed by atoms with Crippen LogP contribution in [0.5, 0.6) is 5.75 Å². The van der Waals surface area contributed by atoms with Gasteiger partial charge in [0.2, 0.25) is 0 Å². The molecule has 6 nitrogen and oxygen atoms in total. The third-order valence-corrected chi connectivity index (χ3v) is 5.39. The smallest absolute Gasteiger partial charge is 0.303 e. The van der Waals surface area contributed by atoms with Crippen molar-refractivity contribution in [3.63, 3.8) is 0 Å².